The van der Waals surface area contributed by atoms with Gasteiger partial charge in [-0.1, -0.05) is 42.1 Å². The number of benzene rings is 2. The second-order valence-electron chi connectivity index (χ2n) is 7.49. The quantitative estimate of drug-likeness (QED) is 0.609. The van der Waals surface area contributed by atoms with Crippen LogP contribution in [-0.2, 0) is 22.6 Å². The molecule has 0 saturated heterocycles. The molecule has 0 bridgehead atoms. The molecule has 29 heavy (non-hydrogen) atoms. The van der Waals surface area contributed by atoms with Crippen molar-refractivity contribution in [2.75, 3.05) is 24.7 Å². The van der Waals surface area contributed by atoms with Crippen LogP contribution in [0.3, 0.4) is 0 Å². The molecule has 0 fully saturated rings. The van der Waals surface area contributed by atoms with Crippen LogP contribution < -0.4 is 4.90 Å². The van der Waals surface area contributed by atoms with Gasteiger partial charge < -0.3 is 14.4 Å². The summed E-state index contributed by atoms with van der Waals surface area (Å²) in [6.07, 6.45) is 0.867. The SMILES string of the molecule is C[C@H]1Cc2ccccc2N1C(=O)Cn1c(SCC(=O)N(C)C)nc2ccccc21. The lowest BCUT2D eigenvalue weighted by atomic mass is 10.1. The van der Waals surface area contributed by atoms with Gasteiger partial charge in [0.25, 0.3) is 0 Å². The van der Waals surface area contributed by atoms with E-state index in [1.807, 2.05) is 51.9 Å². The smallest absolute Gasteiger partial charge is 0.247 e. The average molecular weight is 409 g/mol. The Bertz CT molecular complexity index is 1080. The molecular formula is C22H24N4O2S. The molecule has 3 aromatic rings. The van der Waals surface area contributed by atoms with Gasteiger partial charge in [0.15, 0.2) is 5.16 Å². The van der Waals surface area contributed by atoms with Gasteiger partial charge in [-0.25, -0.2) is 4.98 Å². The predicted molar refractivity (Wildman–Crippen MR) is 116 cm³/mol. The third-order valence-corrected chi connectivity index (χ3v) is 6.17. The molecule has 2 amide bonds. The van der Waals surface area contributed by atoms with Crippen molar-refractivity contribution < 1.29 is 9.59 Å². The number of thioether (sulfide) groups is 1. The topological polar surface area (TPSA) is 58.4 Å². The molecule has 0 saturated carbocycles. The van der Waals surface area contributed by atoms with Gasteiger partial charge in [-0.15, -0.1) is 0 Å². The van der Waals surface area contributed by atoms with E-state index in [9.17, 15) is 9.59 Å². The lowest BCUT2D eigenvalue weighted by Crippen LogP contribution is -2.38. The molecule has 1 aromatic heterocycles. The summed E-state index contributed by atoms with van der Waals surface area (Å²) in [6, 6.07) is 16.0. The minimum absolute atomic E-state index is 0.0158. The van der Waals surface area contributed by atoms with E-state index in [1.165, 1.54) is 17.3 Å². The number of carbonyl (C=O) groups is 2. The molecule has 1 aliphatic heterocycles. The van der Waals surface area contributed by atoms with Crippen LogP contribution in [0.1, 0.15) is 12.5 Å². The largest absolute Gasteiger partial charge is 0.348 e. The van der Waals surface area contributed by atoms with Crippen LogP contribution in [0.25, 0.3) is 11.0 Å². The van der Waals surface area contributed by atoms with Crippen molar-refractivity contribution in [3.05, 3.63) is 54.1 Å². The fourth-order valence-electron chi connectivity index (χ4n) is 3.73. The highest BCUT2D eigenvalue weighted by molar-refractivity contribution is 7.99. The lowest BCUT2D eigenvalue weighted by molar-refractivity contribution is -0.125. The van der Waals surface area contributed by atoms with Crippen LogP contribution >= 0.6 is 11.8 Å². The summed E-state index contributed by atoms with van der Waals surface area (Å²) in [5.41, 5.74) is 3.93. The number of hydrogen-bond donors (Lipinski definition) is 0. The minimum atomic E-state index is 0.0158. The average Bonchev–Trinajstić information content (AvgIpc) is 3.22. The summed E-state index contributed by atoms with van der Waals surface area (Å²) in [7, 11) is 3.48. The molecule has 2 heterocycles. The molecule has 1 aliphatic rings. The highest BCUT2D eigenvalue weighted by Crippen LogP contribution is 2.33. The summed E-state index contributed by atoms with van der Waals surface area (Å²) >= 11 is 1.37. The molecule has 6 nitrogen and oxygen atoms in total. The number of nitrogens with zero attached hydrogens (tertiary/aromatic N) is 4. The van der Waals surface area contributed by atoms with E-state index in [2.05, 4.69) is 18.0 Å². The number of anilines is 1. The first-order valence-corrected chi connectivity index (χ1v) is 10.6. The second-order valence-corrected chi connectivity index (χ2v) is 8.43. The summed E-state index contributed by atoms with van der Waals surface area (Å²) in [5, 5.41) is 0.690. The number of amides is 2. The van der Waals surface area contributed by atoms with E-state index >= 15 is 0 Å². The number of imidazole rings is 1. The van der Waals surface area contributed by atoms with E-state index in [0.717, 1.165) is 23.1 Å². The van der Waals surface area contributed by atoms with Crippen molar-refractivity contribution >= 4 is 40.3 Å². The number of fused-ring (bicyclic) bond motifs is 2. The van der Waals surface area contributed by atoms with Crippen LogP contribution in [0.2, 0.25) is 0 Å². The Kier molecular flexibility index (Phi) is 5.32. The lowest BCUT2D eigenvalue weighted by Gasteiger charge is -2.23. The number of rotatable bonds is 5. The number of para-hydroxylation sites is 3. The van der Waals surface area contributed by atoms with Gasteiger partial charge >= 0.3 is 0 Å². The molecule has 0 N–H and O–H groups in total. The van der Waals surface area contributed by atoms with Gasteiger partial charge in [0.1, 0.15) is 6.54 Å². The third kappa shape index (κ3) is 3.74. The first kappa shape index (κ1) is 19.5. The van der Waals surface area contributed by atoms with Crippen molar-refractivity contribution in [3.8, 4) is 0 Å². The van der Waals surface area contributed by atoms with Crippen molar-refractivity contribution in [1.29, 1.82) is 0 Å². The molecule has 7 heteroatoms. The zero-order valence-corrected chi connectivity index (χ0v) is 17.6. The Balaban J connectivity index is 1.64. The maximum Gasteiger partial charge on any atom is 0.247 e. The van der Waals surface area contributed by atoms with Crippen LogP contribution in [0.4, 0.5) is 5.69 Å². The molecule has 1 atom stereocenters. The monoisotopic (exact) mass is 408 g/mol. The minimum Gasteiger partial charge on any atom is -0.348 e. The van der Waals surface area contributed by atoms with Gasteiger partial charge in [0, 0.05) is 25.8 Å². The van der Waals surface area contributed by atoms with E-state index in [4.69, 9.17) is 0 Å². The zero-order chi connectivity index (χ0) is 20.5. The fraction of sp³-hybridized carbons (Fsp3) is 0.318. The number of carbonyl (C=O) groups excluding carboxylic acids is 2. The van der Waals surface area contributed by atoms with Crippen molar-refractivity contribution in [2.24, 2.45) is 0 Å². The van der Waals surface area contributed by atoms with E-state index < -0.39 is 0 Å². The summed E-state index contributed by atoms with van der Waals surface area (Å²) in [4.78, 5) is 33.5. The molecule has 0 aliphatic carbocycles. The van der Waals surface area contributed by atoms with Gasteiger partial charge in [-0.3, -0.25) is 9.59 Å². The van der Waals surface area contributed by atoms with Crippen LogP contribution in [-0.4, -0.2) is 52.2 Å². The summed E-state index contributed by atoms with van der Waals surface area (Å²) in [5.74, 6) is 0.335. The Morgan fingerprint density at radius 3 is 2.66 bits per heavy atom. The van der Waals surface area contributed by atoms with Crippen molar-refractivity contribution in [2.45, 2.75) is 31.1 Å². The number of aromatic nitrogens is 2. The molecule has 0 spiro atoms. The first-order valence-electron chi connectivity index (χ1n) is 9.64. The van der Waals surface area contributed by atoms with Crippen LogP contribution in [0, 0.1) is 0 Å². The Morgan fingerprint density at radius 2 is 1.86 bits per heavy atom. The van der Waals surface area contributed by atoms with Gasteiger partial charge in [0.2, 0.25) is 11.8 Å². The maximum atomic E-state index is 13.3. The Hall–Kier alpha value is -2.80. The predicted octanol–water partition coefficient (Wildman–Crippen LogP) is 3.19. The molecule has 4 rings (SSSR count). The van der Waals surface area contributed by atoms with E-state index in [0.29, 0.717) is 5.16 Å². The Morgan fingerprint density at radius 1 is 1.14 bits per heavy atom. The second kappa shape index (κ2) is 7.91. The van der Waals surface area contributed by atoms with Gasteiger partial charge in [-0.05, 0) is 37.1 Å². The van der Waals surface area contributed by atoms with E-state index in [-0.39, 0.29) is 30.2 Å². The zero-order valence-electron chi connectivity index (χ0n) is 16.8. The Labute approximate surface area is 174 Å². The van der Waals surface area contributed by atoms with Crippen molar-refractivity contribution in [1.82, 2.24) is 14.5 Å². The standard InChI is InChI=1S/C22H24N4O2S/c1-15-12-16-8-4-6-10-18(16)26(15)20(27)13-25-19-11-7-5-9-17(19)23-22(25)29-14-21(28)24(2)3/h4-11,15H,12-14H2,1-3H3/t15-/m0/s1. The molecular weight excluding hydrogens is 384 g/mol. The number of hydrogen-bond acceptors (Lipinski definition) is 4. The van der Waals surface area contributed by atoms with Crippen LogP contribution in [0.15, 0.2) is 53.7 Å². The third-order valence-electron chi connectivity index (χ3n) is 5.21. The highest BCUT2D eigenvalue weighted by atomic mass is 32.2. The molecule has 2 aromatic carbocycles. The first-order chi connectivity index (χ1) is 14.0. The normalized spacial score (nSPS) is 15.6. The highest BCUT2D eigenvalue weighted by Gasteiger charge is 2.31. The molecule has 0 radical (unpaired) electrons. The van der Waals surface area contributed by atoms with Crippen molar-refractivity contribution in [3.63, 3.8) is 0 Å². The van der Waals surface area contributed by atoms with Gasteiger partial charge in [-0.2, -0.15) is 0 Å². The fourth-order valence-corrected chi connectivity index (χ4v) is 4.72. The molecule has 150 valence electrons. The summed E-state index contributed by atoms with van der Waals surface area (Å²) < 4.78 is 1.93. The maximum absolute atomic E-state index is 13.3. The summed E-state index contributed by atoms with van der Waals surface area (Å²) in [6.45, 7) is 2.27. The van der Waals surface area contributed by atoms with Crippen LogP contribution in [0.5, 0.6) is 0 Å². The molecule has 0 unspecified atom stereocenters. The van der Waals surface area contributed by atoms with E-state index in [1.54, 1.807) is 19.0 Å². The van der Waals surface area contributed by atoms with Gasteiger partial charge in [0.05, 0.1) is 16.8 Å².